The molecule has 2 aromatic rings. The summed E-state index contributed by atoms with van der Waals surface area (Å²) in [7, 11) is 0. The molecule has 2 aromatic heterocycles. The number of carbonyl (C=O) groups is 1. The van der Waals surface area contributed by atoms with Crippen LogP contribution in [0.25, 0.3) is 9.75 Å². The number of hydrogen-bond acceptors (Lipinski definition) is 4. The second-order valence-electron chi connectivity index (χ2n) is 2.64. The monoisotopic (exact) mass is 240 g/mol. The van der Waals surface area contributed by atoms with Crippen molar-refractivity contribution < 1.29 is 4.79 Å². The van der Waals surface area contributed by atoms with Crippen LogP contribution >= 0.6 is 34.4 Å². The summed E-state index contributed by atoms with van der Waals surface area (Å²) in [4.78, 5) is 13.7. The van der Waals surface area contributed by atoms with Crippen molar-refractivity contribution in [2.75, 3.05) is 6.26 Å². The van der Waals surface area contributed by atoms with Gasteiger partial charge in [-0.1, -0.05) is 0 Å². The number of carbonyl (C=O) groups excluding carboxylic acids is 1. The Hall–Kier alpha value is -0.580. The van der Waals surface area contributed by atoms with Crippen LogP contribution in [0, 0.1) is 0 Å². The maximum Gasteiger partial charge on any atom is 0.160 e. The first-order chi connectivity index (χ1) is 6.83. The van der Waals surface area contributed by atoms with Crippen LogP contribution in [0.4, 0.5) is 0 Å². The molecule has 0 amide bonds. The zero-order valence-electron chi connectivity index (χ0n) is 7.52. The highest BCUT2D eigenvalue weighted by Crippen LogP contribution is 2.36. The lowest BCUT2D eigenvalue weighted by molar-refractivity contribution is 0.112. The minimum absolute atomic E-state index is 0.791. The summed E-state index contributed by atoms with van der Waals surface area (Å²) in [6.07, 6.45) is 2.97. The van der Waals surface area contributed by atoms with Crippen molar-refractivity contribution in [2.24, 2.45) is 0 Å². The molecule has 0 aliphatic heterocycles. The van der Waals surface area contributed by atoms with Gasteiger partial charge >= 0.3 is 0 Å². The summed E-state index contributed by atoms with van der Waals surface area (Å²) >= 11 is 5.06. The largest absolute Gasteiger partial charge is 0.297 e. The number of thioether (sulfide) groups is 1. The molecule has 0 bridgehead atoms. The van der Waals surface area contributed by atoms with Gasteiger partial charge in [0.25, 0.3) is 0 Å². The van der Waals surface area contributed by atoms with Gasteiger partial charge in [-0.15, -0.1) is 34.4 Å². The van der Waals surface area contributed by atoms with Crippen molar-refractivity contribution in [3.63, 3.8) is 0 Å². The fourth-order valence-corrected chi connectivity index (χ4v) is 3.57. The van der Waals surface area contributed by atoms with E-state index < -0.39 is 0 Å². The van der Waals surface area contributed by atoms with Crippen LogP contribution in [0.15, 0.2) is 28.5 Å². The molecule has 0 atom stereocenters. The molecule has 0 aliphatic carbocycles. The van der Waals surface area contributed by atoms with E-state index in [2.05, 4.69) is 18.4 Å². The Kier molecular flexibility index (Phi) is 3.05. The van der Waals surface area contributed by atoms with Crippen LogP contribution in [0.3, 0.4) is 0 Å². The number of hydrogen-bond donors (Lipinski definition) is 0. The topological polar surface area (TPSA) is 17.1 Å². The second-order valence-corrected chi connectivity index (χ2v) is 5.95. The Morgan fingerprint density at radius 1 is 1.14 bits per heavy atom. The predicted molar refractivity (Wildman–Crippen MR) is 64.8 cm³/mol. The SMILES string of the molecule is CSc1ccc(-c2ccc(C=O)s2)s1. The van der Waals surface area contributed by atoms with E-state index in [0.717, 1.165) is 11.2 Å². The highest BCUT2D eigenvalue weighted by atomic mass is 32.2. The third-order valence-electron chi connectivity index (χ3n) is 1.77. The number of thiophene rings is 2. The average molecular weight is 240 g/mol. The maximum absolute atomic E-state index is 10.5. The van der Waals surface area contributed by atoms with E-state index in [4.69, 9.17) is 0 Å². The van der Waals surface area contributed by atoms with E-state index in [1.807, 2.05) is 12.1 Å². The van der Waals surface area contributed by atoms with Gasteiger partial charge < -0.3 is 0 Å². The molecule has 0 saturated heterocycles. The highest BCUT2D eigenvalue weighted by Gasteiger charge is 2.05. The summed E-state index contributed by atoms with van der Waals surface area (Å²) in [6.45, 7) is 0. The molecule has 0 aromatic carbocycles. The van der Waals surface area contributed by atoms with Crippen LogP contribution < -0.4 is 0 Å². The minimum Gasteiger partial charge on any atom is -0.297 e. The highest BCUT2D eigenvalue weighted by molar-refractivity contribution is 8.00. The summed E-state index contributed by atoms with van der Waals surface area (Å²) in [5.74, 6) is 0. The molecule has 2 rings (SSSR count). The molecule has 0 N–H and O–H groups in total. The molecular formula is C10H8OS3. The minimum atomic E-state index is 0.791. The van der Waals surface area contributed by atoms with E-state index in [9.17, 15) is 4.79 Å². The maximum atomic E-state index is 10.5. The fraction of sp³-hybridized carbons (Fsp3) is 0.100. The van der Waals surface area contributed by atoms with Gasteiger partial charge in [0.2, 0.25) is 0 Å². The van der Waals surface area contributed by atoms with Gasteiger partial charge in [0.05, 0.1) is 9.09 Å². The van der Waals surface area contributed by atoms with Crippen molar-refractivity contribution in [1.82, 2.24) is 0 Å². The van der Waals surface area contributed by atoms with Crippen molar-refractivity contribution >= 4 is 40.7 Å². The predicted octanol–water partition coefficient (Wildman–Crippen LogP) is 4.01. The van der Waals surface area contributed by atoms with Crippen LogP contribution in [-0.2, 0) is 0 Å². The molecule has 0 unspecified atom stereocenters. The van der Waals surface area contributed by atoms with Crippen LogP contribution in [-0.4, -0.2) is 12.5 Å². The summed E-state index contributed by atoms with van der Waals surface area (Å²) in [5.41, 5.74) is 0. The van der Waals surface area contributed by atoms with Gasteiger partial charge in [0.1, 0.15) is 0 Å². The zero-order chi connectivity index (χ0) is 9.97. The molecule has 72 valence electrons. The van der Waals surface area contributed by atoms with Crippen LogP contribution in [0.1, 0.15) is 9.67 Å². The third-order valence-corrected chi connectivity index (χ3v) is 5.14. The lowest BCUT2D eigenvalue weighted by Crippen LogP contribution is -1.62. The first-order valence-electron chi connectivity index (χ1n) is 4.02. The normalized spacial score (nSPS) is 10.4. The first-order valence-corrected chi connectivity index (χ1v) is 6.88. The summed E-state index contributed by atoms with van der Waals surface area (Å²) in [6, 6.07) is 8.09. The van der Waals surface area contributed by atoms with Crippen LogP contribution in [0.2, 0.25) is 0 Å². The third kappa shape index (κ3) is 1.92. The van der Waals surface area contributed by atoms with E-state index in [1.165, 1.54) is 14.0 Å². The summed E-state index contributed by atoms with van der Waals surface area (Å²) in [5, 5.41) is 0. The molecule has 0 saturated carbocycles. The van der Waals surface area contributed by atoms with Crippen molar-refractivity contribution in [2.45, 2.75) is 4.21 Å². The Balaban J connectivity index is 2.33. The molecule has 0 radical (unpaired) electrons. The van der Waals surface area contributed by atoms with E-state index in [0.29, 0.717) is 0 Å². The summed E-state index contributed by atoms with van der Waals surface area (Å²) < 4.78 is 1.31. The molecular weight excluding hydrogens is 232 g/mol. The molecule has 14 heavy (non-hydrogen) atoms. The Morgan fingerprint density at radius 3 is 2.43 bits per heavy atom. The van der Waals surface area contributed by atoms with E-state index in [1.54, 1.807) is 34.4 Å². The fourth-order valence-electron chi connectivity index (χ4n) is 1.11. The molecule has 0 fully saturated rings. The van der Waals surface area contributed by atoms with Crippen LogP contribution in [0.5, 0.6) is 0 Å². The second kappa shape index (κ2) is 4.29. The van der Waals surface area contributed by atoms with E-state index in [-0.39, 0.29) is 0 Å². The Labute approximate surface area is 94.8 Å². The van der Waals surface area contributed by atoms with Gasteiger partial charge in [-0.25, -0.2) is 0 Å². The quantitative estimate of drug-likeness (QED) is 0.595. The Morgan fingerprint density at radius 2 is 1.86 bits per heavy atom. The smallest absolute Gasteiger partial charge is 0.160 e. The van der Waals surface area contributed by atoms with Gasteiger partial charge in [-0.2, -0.15) is 0 Å². The molecule has 4 heteroatoms. The average Bonchev–Trinajstić information content (AvgIpc) is 2.86. The van der Waals surface area contributed by atoms with E-state index >= 15 is 0 Å². The van der Waals surface area contributed by atoms with Gasteiger partial charge in [0.15, 0.2) is 6.29 Å². The van der Waals surface area contributed by atoms with Crippen molar-refractivity contribution in [3.05, 3.63) is 29.1 Å². The van der Waals surface area contributed by atoms with Gasteiger partial charge in [-0.05, 0) is 30.5 Å². The zero-order valence-corrected chi connectivity index (χ0v) is 9.97. The van der Waals surface area contributed by atoms with Crippen molar-refractivity contribution in [3.8, 4) is 9.75 Å². The molecule has 2 heterocycles. The standard InChI is InChI=1S/C10H8OS3/c1-12-10-5-4-9(14-10)8-3-2-7(6-11)13-8/h2-6H,1H3. The molecule has 1 nitrogen and oxygen atoms in total. The lowest BCUT2D eigenvalue weighted by Gasteiger charge is -1.88. The lowest BCUT2D eigenvalue weighted by atomic mass is 10.4. The number of aldehydes is 1. The Bertz CT molecular complexity index is 442. The molecule has 0 spiro atoms. The molecule has 0 aliphatic rings. The number of rotatable bonds is 3. The first kappa shape index (κ1) is 9.96. The van der Waals surface area contributed by atoms with Gasteiger partial charge in [0, 0.05) is 9.75 Å². The van der Waals surface area contributed by atoms with Crippen molar-refractivity contribution in [1.29, 1.82) is 0 Å². The van der Waals surface area contributed by atoms with Gasteiger partial charge in [-0.3, -0.25) is 4.79 Å².